The summed E-state index contributed by atoms with van der Waals surface area (Å²) in [6.07, 6.45) is 3.71. The summed E-state index contributed by atoms with van der Waals surface area (Å²) >= 11 is 0. The molecule has 0 spiro atoms. The van der Waals surface area contributed by atoms with E-state index in [0.717, 1.165) is 5.69 Å². The molecule has 0 radical (unpaired) electrons. The number of carbonyl (C=O) groups is 3. The lowest BCUT2D eigenvalue weighted by Gasteiger charge is -2.20. The standard InChI is InChI=1S/C18H21N3O4/c1-18(2,3)20-17(24)19-15(22)12-25-16(23)13-7-6-8-14(11-13)21-9-4-5-10-21/h4-11H,12H2,1-3H3,(H2,19,20,22,24). The molecular weight excluding hydrogens is 322 g/mol. The van der Waals surface area contributed by atoms with Crippen molar-refractivity contribution >= 4 is 17.9 Å². The lowest BCUT2D eigenvalue weighted by molar-refractivity contribution is -0.123. The molecule has 0 aliphatic rings. The highest BCUT2D eigenvalue weighted by Crippen LogP contribution is 2.12. The van der Waals surface area contributed by atoms with Gasteiger partial charge in [-0.1, -0.05) is 6.07 Å². The van der Waals surface area contributed by atoms with Gasteiger partial charge in [-0.15, -0.1) is 0 Å². The Morgan fingerprint density at radius 3 is 2.40 bits per heavy atom. The number of amides is 3. The van der Waals surface area contributed by atoms with Crippen LogP contribution in [0, 0.1) is 0 Å². The summed E-state index contributed by atoms with van der Waals surface area (Å²) in [5, 5.41) is 4.69. The molecule has 2 N–H and O–H groups in total. The van der Waals surface area contributed by atoms with Crippen LogP contribution in [0.2, 0.25) is 0 Å². The second-order valence-electron chi connectivity index (χ2n) is 6.47. The van der Waals surface area contributed by atoms with Gasteiger partial charge in [0.1, 0.15) is 0 Å². The van der Waals surface area contributed by atoms with Crippen molar-refractivity contribution in [3.8, 4) is 5.69 Å². The number of esters is 1. The molecule has 0 saturated heterocycles. The van der Waals surface area contributed by atoms with Gasteiger partial charge in [-0.05, 0) is 51.1 Å². The zero-order valence-corrected chi connectivity index (χ0v) is 14.4. The van der Waals surface area contributed by atoms with Gasteiger partial charge in [0, 0.05) is 23.6 Å². The molecule has 0 aliphatic carbocycles. The second kappa shape index (κ2) is 7.65. The molecule has 0 bridgehead atoms. The van der Waals surface area contributed by atoms with Crippen molar-refractivity contribution in [1.29, 1.82) is 0 Å². The smallest absolute Gasteiger partial charge is 0.338 e. The quantitative estimate of drug-likeness (QED) is 0.833. The first-order chi connectivity index (χ1) is 11.7. The zero-order valence-electron chi connectivity index (χ0n) is 14.4. The summed E-state index contributed by atoms with van der Waals surface area (Å²) in [5.74, 6) is -1.34. The van der Waals surface area contributed by atoms with Crippen LogP contribution in [0.15, 0.2) is 48.8 Å². The third kappa shape index (κ3) is 5.80. The van der Waals surface area contributed by atoms with Crippen LogP contribution in [0.4, 0.5) is 4.79 Å². The lowest BCUT2D eigenvalue weighted by atomic mass is 10.1. The van der Waals surface area contributed by atoms with E-state index in [-0.39, 0.29) is 0 Å². The molecule has 0 unspecified atom stereocenters. The van der Waals surface area contributed by atoms with Crippen molar-refractivity contribution in [3.05, 3.63) is 54.4 Å². The normalized spacial score (nSPS) is 10.8. The molecule has 132 valence electrons. The second-order valence-corrected chi connectivity index (χ2v) is 6.47. The minimum atomic E-state index is -0.698. The summed E-state index contributed by atoms with van der Waals surface area (Å²) in [7, 11) is 0. The minimum Gasteiger partial charge on any atom is -0.452 e. The molecule has 7 heteroatoms. The zero-order chi connectivity index (χ0) is 18.4. The van der Waals surface area contributed by atoms with Gasteiger partial charge in [-0.2, -0.15) is 0 Å². The van der Waals surface area contributed by atoms with E-state index in [9.17, 15) is 14.4 Å². The molecule has 0 fully saturated rings. The highest BCUT2D eigenvalue weighted by molar-refractivity contribution is 5.97. The fraction of sp³-hybridized carbons (Fsp3) is 0.278. The maximum absolute atomic E-state index is 12.1. The molecule has 1 aromatic carbocycles. The monoisotopic (exact) mass is 343 g/mol. The van der Waals surface area contributed by atoms with E-state index in [1.165, 1.54) is 0 Å². The van der Waals surface area contributed by atoms with E-state index < -0.39 is 30.1 Å². The first-order valence-corrected chi connectivity index (χ1v) is 7.77. The van der Waals surface area contributed by atoms with Crippen LogP contribution in [-0.4, -0.2) is 34.6 Å². The van der Waals surface area contributed by atoms with Crippen molar-refractivity contribution < 1.29 is 19.1 Å². The van der Waals surface area contributed by atoms with Gasteiger partial charge in [0.25, 0.3) is 5.91 Å². The largest absolute Gasteiger partial charge is 0.452 e. The van der Waals surface area contributed by atoms with Crippen molar-refractivity contribution in [1.82, 2.24) is 15.2 Å². The Morgan fingerprint density at radius 2 is 1.76 bits per heavy atom. The Hall–Kier alpha value is -3.09. The molecular formula is C18H21N3O4. The summed E-state index contributed by atoms with van der Waals surface area (Å²) in [4.78, 5) is 35.3. The summed E-state index contributed by atoms with van der Waals surface area (Å²) in [6, 6.07) is 9.94. The highest BCUT2D eigenvalue weighted by atomic mass is 16.5. The van der Waals surface area contributed by atoms with Crippen LogP contribution in [0.3, 0.4) is 0 Å². The summed E-state index contributed by atoms with van der Waals surface area (Å²) in [6.45, 7) is 4.82. The van der Waals surface area contributed by atoms with E-state index in [4.69, 9.17) is 4.74 Å². The molecule has 2 aromatic rings. The van der Waals surface area contributed by atoms with Crippen LogP contribution < -0.4 is 10.6 Å². The minimum absolute atomic E-state index is 0.318. The number of imide groups is 1. The van der Waals surface area contributed by atoms with E-state index >= 15 is 0 Å². The van der Waals surface area contributed by atoms with Crippen molar-refractivity contribution in [3.63, 3.8) is 0 Å². The van der Waals surface area contributed by atoms with Gasteiger partial charge in [0.05, 0.1) is 5.56 Å². The number of nitrogens with one attached hydrogen (secondary N) is 2. The van der Waals surface area contributed by atoms with Crippen molar-refractivity contribution in [2.45, 2.75) is 26.3 Å². The number of benzene rings is 1. The van der Waals surface area contributed by atoms with Crippen molar-refractivity contribution in [2.75, 3.05) is 6.61 Å². The first kappa shape index (κ1) is 18.3. The Bertz CT molecular complexity index is 761. The third-order valence-corrected chi connectivity index (χ3v) is 3.06. The van der Waals surface area contributed by atoms with Gasteiger partial charge >= 0.3 is 12.0 Å². The Balaban J connectivity index is 1.89. The summed E-state index contributed by atoms with van der Waals surface area (Å²) in [5.41, 5.74) is 0.645. The SMILES string of the molecule is CC(C)(C)NC(=O)NC(=O)COC(=O)c1cccc(-n2cccc2)c1. The van der Waals surface area contributed by atoms with Crippen LogP contribution in [0.5, 0.6) is 0 Å². The predicted octanol–water partition coefficient (Wildman–Crippen LogP) is 2.26. The Labute approximate surface area is 146 Å². The van der Waals surface area contributed by atoms with E-state index in [1.807, 2.05) is 35.2 Å². The Kier molecular flexibility index (Phi) is 5.59. The fourth-order valence-corrected chi connectivity index (χ4v) is 2.05. The van der Waals surface area contributed by atoms with Crippen LogP contribution >= 0.6 is 0 Å². The number of carbonyl (C=O) groups excluding carboxylic acids is 3. The molecule has 0 aliphatic heterocycles. The highest BCUT2D eigenvalue weighted by Gasteiger charge is 2.17. The molecule has 0 atom stereocenters. The number of hydrogen-bond donors (Lipinski definition) is 2. The fourth-order valence-electron chi connectivity index (χ4n) is 2.05. The van der Waals surface area contributed by atoms with E-state index in [2.05, 4.69) is 10.6 Å². The number of rotatable bonds is 4. The van der Waals surface area contributed by atoms with Gasteiger partial charge < -0.3 is 14.6 Å². The average Bonchev–Trinajstić information content (AvgIpc) is 3.05. The molecule has 7 nitrogen and oxygen atoms in total. The van der Waals surface area contributed by atoms with E-state index in [1.54, 1.807) is 39.0 Å². The van der Waals surface area contributed by atoms with Gasteiger partial charge in [-0.25, -0.2) is 9.59 Å². The molecule has 25 heavy (non-hydrogen) atoms. The van der Waals surface area contributed by atoms with Crippen LogP contribution in [0.25, 0.3) is 5.69 Å². The number of nitrogens with zero attached hydrogens (tertiary/aromatic N) is 1. The number of aromatic nitrogens is 1. The van der Waals surface area contributed by atoms with Crippen molar-refractivity contribution in [2.24, 2.45) is 0 Å². The van der Waals surface area contributed by atoms with E-state index in [0.29, 0.717) is 5.56 Å². The predicted molar refractivity (Wildman–Crippen MR) is 92.5 cm³/mol. The molecule has 1 heterocycles. The van der Waals surface area contributed by atoms with Crippen LogP contribution in [0.1, 0.15) is 31.1 Å². The van der Waals surface area contributed by atoms with Gasteiger partial charge in [-0.3, -0.25) is 10.1 Å². The molecule has 0 saturated carbocycles. The molecule has 3 amide bonds. The third-order valence-electron chi connectivity index (χ3n) is 3.06. The lowest BCUT2D eigenvalue weighted by Crippen LogP contribution is -2.49. The topological polar surface area (TPSA) is 89.4 Å². The van der Waals surface area contributed by atoms with Crippen LogP contribution in [-0.2, 0) is 9.53 Å². The first-order valence-electron chi connectivity index (χ1n) is 7.77. The molecule has 2 rings (SSSR count). The average molecular weight is 343 g/mol. The molecule has 1 aromatic heterocycles. The summed E-state index contributed by atoms with van der Waals surface area (Å²) < 4.78 is 6.80. The number of hydrogen-bond acceptors (Lipinski definition) is 4. The maximum Gasteiger partial charge on any atom is 0.338 e. The number of ether oxygens (including phenoxy) is 1. The number of urea groups is 1. The van der Waals surface area contributed by atoms with Gasteiger partial charge in [0.15, 0.2) is 6.61 Å². The van der Waals surface area contributed by atoms with Gasteiger partial charge in [0.2, 0.25) is 0 Å². The Morgan fingerprint density at radius 1 is 1.08 bits per heavy atom. The maximum atomic E-state index is 12.1.